The van der Waals surface area contributed by atoms with Gasteiger partial charge in [0.1, 0.15) is 10.8 Å². The van der Waals surface area contributed by atoms with Gasteiger partial charge in [-0.2, -0.15) is 0 Å². The Morgan fingerprint density at radius 1 is 0.935 bits per heavy atom. The van der Waals surface area contributed by atoms with Gasteiger partial charge in [-0.05, 0) is 40.6 Å². The van der Waals surface area contributed by atoms with E-state index in [0.29, 0.717) is 17.9 Å². The Bertz CT molecular complexity index is 1360. The molecular formula is C26H20N2O2S. The number of rotatable bonds is 5. The maximum Gasteiger partial charge on any atom is 0.255 e. The standard InChI is InChI=1S/C26H20N2O2S/c1-30-23-15-20-7-3-2-6-19(20)14-21(23)25(29)27-16-17-10-12-18(13-11-17)26-28-22-8-4-5-9-24(22)31-26/h2-15H,16H2,1H3,(H,27,29). The van der Waals surface area contributed by atoms with Crippen molar-refractivity contribution in [2.24, 2.45) is 0 Å². The molecule has 0 aliphatic rings. The van der Waals surface area contributed by atoms with E-state index in [1.807, 2.05) is 66.7 Å². The predicted octanol–water partition coefficient (Wildman–Crippen LogP) is 6.06. The fraction of sp³-hybridized carbons (Fsp3) is 0.0769. The number of nitrogens with one attached hydrogen (secondary N) is 1. The number of hydrogen-bond donors (Lipinski definition) is 1. The van der Waals surface area contributed by atoms with Crippen molar-refractivity contribution in [1.29, 1.82) is 0 Å². The highest BCUT2D eigenvalue weighted by Crippen LogP contribution is 2.30. The molecule has 31 heavy (non-hydrogen) atoms. The van der Waals surface area contributed by atoms with Crippen LogP contribution in [0.15, 0.2) is 84.9 Å². The van der Waals surface area contributed by atoms with E-state index >= 15 is 0 Å². The number of nitrogens with zero attached hydrogens (tertiary/aromatic N) is 1. The number of hydrogen-bond acceptors (Lipinski definition) is 4. The number of carbonyl (C=O) groups is 1. The van der Waals surface area contributed by atoms with Gasteiger partial charge in [0.2, 0.25) is 0 Å². The van der Waals surface area contributed by atoms with E-state index in [4.69, 9.17) is 9.72 Å². The number of carbonyl (C=O) groups excluding carboxylic acids is 1. The summed E-state index contributed by atoms with van der Waals surface area (Å²) in [4.78, 5) is 17.5. The van der Waals surface area contributed by atoms with Gasteiger partial charge in [-0.15, -0.1) is 11.3 Å². The Labute approximate surface area is 184 Å². The second-order valence-electron chi connectivity index (χ2n) is 7.27. The molecule has 1 aromatic heterocycles. The lowest BCUT2D eigenvalue weighted by atomic mass is 10.1. The van der Waals surface area contributed by atoms with Crippen molar-refractivity contribution in [3.8, 4) is 16.3 Å². The monoisotopic (exact) mass is 424 g/mol. The van der Waals surface area contributed by atoms with Gasteiger partial charge in [0.25, 0.3) is 5.91 Å². The van der Waals surface area contributed by atoms with Crippen LogP contribution >= 0.6 is 11.3 Å². The highest BCUT2D eigenvalue weighted by Gasteiger charge is 2.14. The third kappa shape index (κ3) is 3.88. The number of ether oxygens (including phenoxy) is 1. The molecule has 0 fully saturated rings. The molecule has 0 aliphatic carbocycles. The zero-order valence-corrected chi connectivity index (χ0v) is 17.8. The van der Waals surface area contributed by atoms with Gasteiger partial charge >= 0.3 is 0 Å². The third-order valence-corrected chi connectivity index (χ3v) is 6.35. The van der Waals surface area contributed by atoms with Crippen molar-refractivity contribution < 1.29 is 9.53 Å². The number of benzene rings is 4. The third-order valence-electron chi connectivity index (χ3n) is 5.26. The summed E-state index contributed by atoms with van der Waals surface area (Å²) in [7, 11) is 1.58. The normalized spacial score (nSPS) is 11.0. The molecule has 0 bridgehead atoms. The molecule has 152 valence electrons. The van der Waals surface area contributed by atoms with E-state index in [-0.39, 0.29) is 5.91 Å². The Morgan fingerprint density at radius 2 is 1.65 bits per heavy atom. The summed E-state index contributed by atoms with van der Waals surface area (Å²) in [5, 5.41) is 6.05. The second kappa shape index (κ2) is 8.20. The summed E-state index contributed by atoms with van der Waals surface area (Å²) in [6.07, 6.45) is 0. The molecular weight excluding hydrogens is 404 g/mol. The minimum atomic E-state index is -0.155. The van der Waals surface area contributed by atoms with Gasteiger partial charge in [-0.25, -0.2) is 4.98 Å². The molecule has 0 unspecified atom stereocenters. The summed E-state index contributed by atoms with van der Waals surface area (Å²) in [5.74, 6) is 0.417. The summed E-state index contributed by atoms with van der Waals surface area (Å²) < 4.78 is 6.63. The van der Waals surface area contributed by atoms with E-state index in [1.165, 1.54) is 4.70 Å². The first-order valence-corrected chi connectivity index (χ1v) is 10.8. The van der Waals surface area contributed by atoms with Gasteiger partial charge < -0.3 is 10.1 Å². The van der Waals surface area contributed by atoms with Crippen LogP contribution in [0, 0.1) is 0 Å². The number of methoxy groups -OCH3 is 1. The average Bonchev–Trinajstić information content (AvgIpc) is 3.26. The molecule has 0 saturated carbocycles. The molecule has 5 aromatic rings. The molecule has 4 aromatic carbocycles. The highest BCUT2D eigenvalue weighted by atomic mass is 32.1. The van der Waals surface area contributed by atoms with Crippen LogP contribution in [0.25, 0.3) is 31.6 Å². The van der Waals surface area contributed by atoms with E-state index < -0.39 is 0 Å². The van der Waals surface area contributed by atoms with Crippen molar-refractivity contribution in [3.05, 3.63) is 96.1 Å². The SMILES string of the molecule is COc1cc2ccccc2cc1C(=O)NCc1ccc(-c2nc3ccccc3s2)cc1. The number of amides is 1. The van der Waals surface area contributed by atoms with E-state index in [1.54, 1.807) is 18.4 Å². The zero-order valence-electron chi connectivity index (χ0n) is 17.0. The van der Waals surface area contributed by atoms with Crippen molar-refractivity contribution in [3.63, 3.8) is 0 Å². The maximum absolute atomic E-state index is 12.8. The van der Waals surface area contributed by atoms with Crippen LogP contribution < -0.4 is 10.1 Å². The van der Waals surface area contributed by atoms with E-state index in [2.05, 4.69) is 23.5 Å². The van der Waals surface area contributed by atoms with Crippen LogP contribution in [0.2, 0.25) is 0 Å². The second-order valence-corrected chi connectivity index (χ2v) is 8.30. The van der Waals surface area contributed by atoms with Gasteiger partial charge in [0.15, 0.2) is 0 Å². The number of aromatic nitrogens is 1. The molecule has 0 atom stereocenters. The van der Waals surface area contributed by atoms with Crippen LogP contribution in [-0.2, 0) is 6.54 Å². The number of thiazole rings is 1. The smallest absolute Gasteiger partial charge is 0.255 e. The molecule has 1 N–H and O–H groups in total. The number of fused-ring (bicyclic) bond motifs is 2. The minimum Gasteiger partial charge on any atom is -0.496 e. The minimum absolute atomic E-state index is 0.155. The Balaban J connectivity index is 1.32. The van der Waals surface area contributed by atoms with Crippen molar-refractivity contribution in [2.45, 2.75) is 6.54 Å². The van der Waals surface area contributed by atoms with Crippen molar-refractivity contribution in [1.82, 2.24) is 10.3 Å². The summed E-state index contributed by atoms with van der Waals surface area (Å²) in [6, 6.07) is 28.0. The molecule has 5 heteroatoms. The first-order valence-electron chi connectivity index (χ1n) is 10.0. The molecule has 0 radical (unpaired) electrons. The lowest BCUT2D eigenvalue weighted by Crippen LogP contribution is -2.23. The average molecular weight is 425 g/mol. The Hall–Kier alpha value is -3.70. The van der Waals surface area contributed by atoms with E-state index in [0.717, 1.165) is 32.4 Å². The largest absolute Gasteiger partial charge is 0.496 e. The molecule has 4 nitrogen and oxygen atoms in total. The first kappa shape index (κ1) is 19.3. The molecule has 0 saturated heterocycles. The van der Waals surface area contributed by atoms with Crippen molar-refractivity contribution >= 4 is 38.2 Å². The van der Waals surface area contributed by atoms with Crippen LogP contribution in [-0.4, -0.2) is 18.0 Å². The van der Waals surface area contributed by atoms with Crippen LogP contribution in [0.5, 0.6) is 5.75 Å². The van der Waals surface area contributed by atoms with Gasteiger partial charge in [0, 0.05) is 12.1 Å². The Kier molecular flexibility index (Phi) is 5.10. The predicted molar refractivity (Wildman–Crippen MR) is 127 cm³/mol. The summed E-state index contributed by atoms with van der Waals surface area (Å²) in [6.45, 7) is 0.439. The Morgan fingerprint density at radius 3 is 2.39 bits per heavy atom. The van der Waals surface area contributed by atoms with Gasteiger partial charge in [-0.1, -0.05) is 60.7 Å². The lowest BCUT2D eigenvalue weighted by Gasteiger charge is -2.11. The maximum atomic E-state index is 12.8. The molecule has 0 aliphatic heterocycles. The van der Waals surface area contributed by atoms with Crippen molar-refractivity contribution in [2.75, 3.05) is 7.11 Å². The molecule has 5 rings (SSSR count). The van der Waals surface area contributed by atoms with Crippen LogP contribution in [0.3, 0.4) is 0 Å². The topological polar surface area (TPSA) is 51.2 Å². The van der Waals surface area contributed by atoms with Crippen LogP contribution in [0.1, 0.15) is 15.9 Å². The molecule has 1 amide bonds. The highest BCUT2D eigenvalue weighted by molar-refractivity contribution is 7.21. The fourth-order valence-electron chi connectivity index (χ4n) is 3.60. The lowest BCUT2D eigenvalue weighted by molar-refractivity contribution is 0.0948. The quantitative estimate of drug-likeness (QED) is 0.373. The zero-order chi connectivity index (χ0) is 21.2. The van der Waals surface area contributed by atoms with E-state index in [9.17, 15) is 4.79 Å². The summed E-state index contributed by atoms with van der Waals surface area (Å²) in [5.41, 5.74) is 3.65. The van der Waals surface area contributed by atoms with Gasteiger partial charge in [0.05, 0.1) is 22.9 Å². The first-order chi connectivity index (χ1) is 15.2. The summed E-state index contributed by atoms with van der Waals surface area (Å²) >= 11 is 1.68. The van der Waals surface area contributed by atoms with Crippen LogP contribution in [0.4, 0.5) is 0 Å². The number of para-hydroxylation sites is 1. The van der Waals surface area contributed by atoms with Gasteiger partial charge in [-0.3, -0.25) is 4.79 Å². The molecule has 1 heterocycles. The fourth-order valence-corrected chi connectivity index (χ4v) is 4.58. The molecule has 0 spiro atoms.